The minimum Gasteiger partial charge on any atom is -0.444 e. The summed E-state index contributed by atoms with van der Waals surface area (Å²) in [4.78, 5) is 25.3. The van der Waals surface area contributed by atoms with Gasteiger partial charge in [-0.25, -0.2) is 4.79 Å². The molecule has 1 aliphatic heterocycles. The largest absolute Gasteiger partial charge is 0.444 e. The molecule has 1 aromatic heterocycles. The third-order valence-electron chi connectivity index (χ3n) is 3.85. The first-order chi connectivity index (χ1) is 10.7. The van der Waals surface area contributed by atoms with E-state index < -0.39 is 5.60 Å². The van der Waals surface area contributed by atoms with Crippen molar-refractivity contribution in [3.05, 3.63) is 28.7 Å². The number of amides is 1. The van der Waals surface area contributed by atoms with Gasteiger partial charge in [-0.05, 0) is 45.6 Å². The predicted octanol–water partition coefficient (Wildman–Crippen LogP) is 2.44. The Bertz CT molecular complexity index is 604. The zero-order valence-electron chi connectivity index (χ0n) is 14.5. The van der Waals surface area contributed by atoms with E-state index in [0.717, 1.165) is 31.6 Å². The Kier molecular flexibility index (Phi) is 5.34. The number of hydrogen-bond donors (Lipinski definition) is 1. The standard InChI is InChI=1S/C17H27N3O3/c1-17(2,3)23-16(22)20-9-5-6-13(11-20)10-18-14-7-8-15(21)19(4)12-14/h7-8,12-13,18H,5-6,9-11H2,1-4H3. The first-order valence-corrected chi connectivity index (χ1v) is 8.13. The summed E-state index contributed by atoms with van der Waals surface area (Å²) >= 11 is 0. The van der Waals surface area contributed by atoms with E-state index in [9.17, 15) is 9.59 Å². The number of aryl methyl sites for hydroxylation is 1. The van der Waals surface area contributed by atoms with E-state index in [1.807, 2.05) is 20.8 Å². The molecule has 0 bridgehead atoms. The Morgan fingerprint density at radius 2 is 2.13 bits per heavy atom. The third-order valence-corrected chi connectivity index (χ3v) is 3.85. The molecule has 1 aliphatic rings. The molecule has 0 spiro atoms. The van der Waals surface area contributed by atoms with Gasteiger partial charge in [-0.2, -0.15) is 0 Å². The van der Waals surface area contributed by atoms with Gasteiger partial charge in [0.15, 0.2) is 0 Å². The summed E-state index contributed by atoms with van der Waals surface area (Å²) in [6, 6.07) is 3.34. The van der Waals surface area contributed by atoms with Crippen molar-refractivity contribution in [2.45, 2.75) is 39.2 Å². The van der Waals surface area contributed by atoms with E-state index in [2.05, 4.69) is 5.32 Å². The number of pyridine rings is 1. The molecule has 1 fully saturated rings. The second-order valence-corrected chi connectivity index (χ2v) is 7.18. The number of anilines is 1. The van der Waals surface area contributed by atoms with Crippen LogP contribution in [0.15, 0.2) is 23.1 Å². The van der Waals surface area contributed by atoms with E-state index >= 15 is 0 Å². The van der Waals surface area contributed by atoms with Gasteiger partial charge in [0.2, 0.25) is 5.56 Å². The average molecular weight is 321 g/mol. The summed E-state index contributed by atoms with van der Waals surface area (Å²) in [6.45, 7) is 7.88. The fraction of sp³-hybridized carbons (Fsp3) is 0.647. The summed E-state index contributed by atoms with van der Waals surface area (Å²) in [7, 11) is 1.73. The molecule has 0 aliphatic carbocycles. The molecule has 1 amide bonds. The van der Waals surface area contributed by atoms with Crippen molar-refractivity contribution >= 4 is 11.8 Å². The van der Waals surface area contributed by atoms with Crippen molar-refractivity contribution < 1.29 is 9.53 Å². The molecule has 1 atom stereocenters. The number of nitrogens with one attached hydrogen (secondary N) is 1. The molecule has 1 aromatic rings. The highest BCUT2D eigenvalue weighted by Gasteiger charge is 2.27. The van der Waals surface area contributed by atoms with Crippen LogP contribution in [0, 0.1) is 5.92 Å². The van der Waals surface area contributed by atoms with Crippen LogP contribution in [0.2, 0.25) is 0 Å². The maximum Gasteiger partial charge on any atom is 0.410 e. The van der Waals surface area contributed by atoms with Gasteiger partial charge in [0.05, 0.1) is 5.69 Å². The summed E-state index contributed by atoms with van der Waals surface area (Å²) in [6.07, 6.45) is 3.62. The number of carbonyl (C=O) groups excluding carboxylic acids is 1. The van der Waals surface area contributed by atoms with Crippen molar-refractivity contribution in [1.82, 2.24) is 9.47 Å². The van der Waals surface area contributed by atoms with Gasteiger partial charge >= 0.3 is 6.09 Å². The third kappa shape index (κ3) is 5.30. The Labute approximate surface area is 137 Å². The molecule has 23 heavy (non-hydrogen) atoms. The van der Waals surface area contributed by atoms with E-state index in [4.69, 9.17) is 4.74 Å². The second-order valence-electron chi connectivity index (χ2n) is 7.18. The van der Waals surface area contributed by atoms with Crippen LogP contribution < -0.4 is 10.9 Å². The lowest BCUT2D eigenvalue weighted by molar-refractivity contribution is 0.0172. The lowest BCUT2D eigenvalue weighted by Crippen LogP contribution is -2.44. The van der Waals surface area contributed by atoms with Gasteiger partial charge in [0.25, 0.3) is 0 Å². The van der Waals surface area contributed by atoms with Crippen LogP contribution in [0.4, 0.5) is 10.5 Å². The first-order valence-electron chi connectivity index (χ1n) is 8.13. The molecule has 6 nitrogen and oxygen atoms in total. The molecule has 2 heterocycles. The zero-order valence-corrected chi connectivity index (χ0v) is 14.5. The molecule has 0 aromatic carbocycles. The number of nitrogens with zero attached hydrogens (tertiary/aromatic N) is 2. The SMILES string of the molecule is Cn1cc(NCC2CCCN(C(=O)OC(C)(C)C)C2)ccc1=O. The molecule has 0 radical (unpaired) electrons. The molecule has 1 N–H and O–H groups in total. The Morgan fingerprint density at radius 3 is 2.78 bits per heavy atom. The summed E-state index contributed by atoms with van der Waals surface area (Å²) < 4.78 is 7.00. The van der Waals surface area contributed by atoms with Crippen molar-refractivity contribution in [2.24, 2.45) is 13.0 Å². The van der Waals surface area contributed by atoms with Crippen LogP contribution in [0.1, 0.15) is 33.6 Å². The fourth-order valence-electron chi connectivity index (χ4n) is 2.68. The summed E-state index contributed by atoms with van der Waals surface area (Å²) in [5.74, 6) is 0.383. The minimum atomic E-state index is -0.461. The van der Waals surface area contributed by atoms with Gasteiger partial charge in [0.1, 0.15) is 5.60 Å². The van der Waals surface area contributed by atoms with Crippen LogP contribution in [-0.4, -0.2) is 40.8 Å². The minimum absolute atomic E-state index is 0.0238. The second kappa shape index (κ2) is 7.06. The van der Waals surface area contributed by atoms with Crippen LogP contribution in [0.25, 0.3) is 0 Å². The van der Waals surface area contributed by atoms with E-state index in [1.54, 1.807) is 34.8 Å². The molecule has 1 unspecified atom stereocenters. The van der Waals surface area contributed by atoms with E-state index in [-0.39, 0.29) is 11.7 Å². The number of hydrogen-bond acceptors (Lipinski definition) is 4. The number of rotatable bonds is 3. The number of piperidine rings is 1. The van der Waals surface area contributed by atoms with Gasteiger partial charge in [-0.1, -0.05) is 0 Å². The summed E-state index contributed by atoms with van der Waals surface area (Å²) in [5, 5.41) is 3.35. The van der Waals surface area contributed by atoms with Gasteiger partial charge in [-0.15, -0.1) is 0 Å². The number of likely N-dealkylation sites (tertiary alicyclic amines) is 1. The van der Waals surface area contributed by atoms with E-state index in [1.165, 1.54) is 0 Å². The van der Waals surface area contributed by atoms with E-state index in [0.29, 0.717) is 12.5 Å². The Morgan fingerprint density at radius 1 is 1.39 bits per heavy atom. The maximum absolute atomic E-state index is 12.2. The normalized spacial score (nSPS) is 18.6. The molecular weight excluding hydrogens is 294 g/mol. The smallest absolute Gasteiger partial charge is 0.410 e. The monoisotopic (exact) mass is 321 g/mol. The molecule has 6 heteroatoms. The molecule has 1 saturated heterocycles. The quantitative estimate of drug-likeness (QED) is 0.929. The lowest BCUT2D eigenvalue weighted by atomic mass is 9.98. The summed E-state index contributed by atoms with van der Waals surface area (Å²) in [5.41, 5.74) is 0.433. The zero-order chi connectivity index (χ0) is 17.0. The van der Waals surface area contributed by atoms with Crippen LogP contribution in [-0.2, 0) is 11.8 Å². The predicted molar refractivity (Wildman–Crippen MR) is 90.7 cm³/mol. The molecule has 2 rings (SSSR count). The highest BCUT2D eigenvalue weighted by molar-refractivity contribution is 5.68. The highest BCUT2D eigenvalue weighted by atomic mass is 16.6. The van der Waals surface area contributed by atoms with Gasteiger partial charge < -0.3 is 19.5 Å². The topological polar surface area (TPSA) is 63.6 Å². The van der Waals surface area contributed by atoms with Crippen molar-refractivity contribution in [3.63, 3.8) is 0 Å². The van der Waals surface area contributed by atoms with Crippen LogP contribution >= 0.6 is 0 Å². The Hall–Kier alpha value is -1.98. The van der Waals surface area contributed by atoms with Gasteiger partial charge in [0, 0.05) is 38.9 Å². The number of aromatic nitrogens is 1. The Balaban J connectivity index is 1.87. The maximum atomic E-state index is 12.2. The number of carbonyl (C=O) groups is 1. The van der Waals surface area contributed by atoms with Crippen molar-refractivity contribution in [3.8, 4) is 0 Å². The van der Waals surface area contributed by atoms with Crippen LogP contribution in [0.5, 0.6) is 0 Å². The fourth-order valence-corrected chi connectivity index (χ4v) is 2.68. The lowest BCUT2D eigenvalue weighted by Gasteiger charge is -2.34. The van der Waals surface area contributed by atoms with Crippen molar-refractivity contribution in [1.29, 1.82) is 0 Å². The number of ether oxygens (including phenoxy) is 1. The molecule has 128 valence electrons. The molecular formula is C17H27N3O3. The average Bonchev–Trinajstić information content (AvgIpc) is 2.47. The van der Waals surface area contributed by atoms with Crippen LogP contribution in [0.3, 0.4) is 0 Å². The first kappa shape index (κ1) is 17.4. The molecule has 0 saturated carbocycles. The van der Waals surface area contributed by atoms with Crippen molar-refractivity contribution in [2.75, 3.05) is 25.0 Å². The highest BCUT2D eigenvalue weighted by Crippen LogP contribution is 2.20. The van der Waals surface area contributed by atoms with Gasteiger partial charge in [-0.3, -0.25) is 4.79 Å².